The van der Waals surface area contributed by atoms with Gasteiger partial charge in [0.05, 0.1) is 10.6 Å². The third-order valence-corrected chi connectivity index (χ3v) is 2.09. The quantitative estimate of drug-likeness (QED) is 0.687. The van der Waals surface area contributed by atoms with E-state index >= 15 is 0 Å². The number of hydrogen-bond acceptors (Lipinski definition) is 2. The van der Waals surface area contributed by atoms with E-state index in [1.165, 1.54) is 6.92 Å². The lowest BCUT2D eigenvalue weighted by Gasteiger charge is -2.06. The summed E-state index contributed by atoms with van der Waals surface area (Å²) >= 11 is 5.45. The van der Waals surface area contributed by atoms with Crippen molar-refractivity contribution in [3.63, 3.8) is 0 Å². The van der Waals surface area contributed by atoms with Gasteiger partial charge in [-0.05, 0) is 13.0 Å². The molecule has 1 aromatic carbocycles. The van der Waals surface area contributed by atoms with Crippen molar-refractivity contribution in [2.45, 2.75) is 6.92 Å². The highest BCUT2D eigenvalue weighted by Gasteiger charge is 2.16. The van der Waals surface area contributed by atoms with Crippen molar-refractivity contribution in [3.05, 3.63) is 28.0 Å². The maximum absolute atomic E-state index is 13.1. The number of carbonyl (C=O) groups is 1. The number of aromatic carboxylic acids is 1. The van der Waals surface area contributed by atoms with Crippen LogP contribution in [0.4, 0.5) is 10.1 Å². The molecule has 0 unspecified atom stereocenters. The number of hydrogen-bond donors (Lipinski definition) is 2. The van der Waals surface area contributed by atoms with Crippen LogP contribution in [-0.2, 0) is 0 Å². The molecule has 0 spiro atoms. The average Bonchev–Trinajstić information content (AvgIpc) is 2.07. The molecule has 0 aromatic heterocycles. The molecule has 1 rings (SSSR count). The smallest absolute Gasteiger partial charge is 0.337 e. The van der Waals surface area contributed by atoms with Crippen LogP contribution in [0.5, 0.6) is 0 Å². The lowest BCUT2D eigenvalue weighted by Crippen LogP contribution is -2.03. The van der Waals surface area contributed by atoms with Crippen LogP contribution in [0.1, 0.15) is 15.9 Å². The molecule has 70 valence electrons. The molecule has 0 amide bonds. The molecule has 0 saturated heterocycles. The predicted molar refractivity (Wildman–Crippen MR) is 47.5 cm³/mol. The molecule has 0 radical (unpaired) electrons. The van der Waals surface area contributed by atoms with Crippen LogP contribution in [0.25, 0.3) is 0 Å². The van der Waals surface area contributed by atoms with Gasteiger partial charge in [-0.25, -0.2) is 9.18 Å². The summed E-state index contributed by atoms with van der Waals surface area (Å²) in [6, 6.07) is 1.14. The number of nitrogens with two attached hydrogens (primary N) is 1. The molecular formula is C8H7ClFNO2. The summed E-state index contributed by atoms with van der Waals surface area (Å²) in [7, 11) is 0. The Labute approximate surface area is 78.9 Å². The van der Waals surface area contributed by atoms with E-state index in [-0.39, 0.29) is 16.8 Å². The van der Waals surface area contributed by atoms with Gasteiger partial charge in [-0.2, -0.15) is 0 Å². The Morgan fingerprint density at radius 2 is 2.23 bits per heavy atom. The van der Waals surface area contributed by atoms with Gasteiger partial charge in [0.15, 0.2) is 0 Å². The maximum atomic E-state index is 13.1. The standard InChI is InChI=1S/C8H7ClFNO2/c1-3-5(11)2-4(8(12)13)6(9)7(3)10/h2H,11H2,1H3,(H,12,13). The Morgan fingerprint density at radius 3 is 2.69 bits per heavy atom. The van der Waals surface area contributed by atoms with Gasteiger partial charge < -0.3 is 10.8 Å². The van der Waals surface area contributed by atoms with Gasteiger partial charge in [-0.15, -0.1) is 0 Å². The van der Waals surface area contributed by atoms with Crippen molar-refractivity contribution in [2.24, 2.45) is 0 Å². The average molecular weight is 204 g/mol. The number of carboxylic acids is 1. The zero-order valence-corrected chi connectivity index (χ0v) is 7.52. The molecule has 0 aliphatic heterocycles. The minimum Gasteiger partial charge on any atom is -0.478 e. The van der Waals surface area contributed by atoms with Crippen LogP contribution in [0.3, 0.4) is 0 Å². The summed E-state index contributed by atoms with van der Waals surface area (Å²) in [4.78, 5) is 10.5. The zero-order chi connectivity index (χ0) is 10.2. The number of benzene rings is 1. The third kappa shape index (κ3) is 1.58. The molecule has 3 nitrogen and oxygen atoms in total. The highest BCUT2D eigenvalue weighted by Crippen LogP contribution is 2.27. The first kappa shape index (κ1) is 9.80. The molecule has 3 N–H and O–H groups in total. The minimum absolute atomic E-state index is 0.0827. The fourth-order valence-corrected chi connectivity index (χ4v) is 1.17. The number of halogens is 2. The van der Waals surface area contributed by atoms with Gasteiger partial charge in [0.25, 0.3) is 0 Å². The van der Waals surface area contributed by atoms with E-state index in [0.29, 0.717) is 0 Å². The highest BCUT2D eigenvalue weighted by atomic mass is 35.5. The van der Waals surface area contributed by atoms with Crippen LogP contribution in [0.15, 0.2) is 6.07 Å². The van der Waals surface area contributed by atoms with Crippen molar-refractivity contribution in [3.8, 4) is 0 Å². The second-order valence-corrected chi connectivity index (χ2v) is 2.95. The molecule has 0 fully saturated rings. The number of nitrogen functional groups attached to an aromatic ring is 1. The summed E-state index contributed by atoms with van der Waals surface area (Å²) in [6.45, 7) is 1.43. The van der Waals surface area contributed by atoms with E-state index in [4.69, 9.17) is 22.4 Å². The number of anilines is 1. The van der Waals surface area contributed by atoms with Crippen molar-refractivity contribution < 1.29 is 14.3 Å². The van der Waals surface area contributed by atoms with E-state index in [2.05, 4.69) is 0 Å². The SMILES string of the molecule is Cc1c(N)cc(C(=O)O)c(Cl)c1F. The fraction of sp³-hybridized carbons (Fsp3) is 0.125. The van der Waals surface area contributed by atoms with Crippen molar-refractivity contribution in [1.29, 1.82) is 0 Å². The molecule has 0 heterocycles. The van der Waals surface area contributed by atoms with E-state index in [1.807, 2.05) is 0 Å². The van der Waals surface area contributed by atoms with Gasteiger partial charge in [0.2, 0.25) is 0 Å². The Balaban J connectivity index is 3.50. The van der Waals surface area contributed by atoms with Crippen LogP contribution in [0.2, 0.25) is 5.02 Å². The number of carboxylic acid groups (broad SMARTS) is 1. The fourth-order valence-electron chi connectivity index (χ4n) is 0.892. The van der Waals surface area contributed by atoms with E-state index in [9.17, 15) is 9.18 Å². The van der Waals surface area contributed by atoms with Gasteiger partial charge >= 0.3 is 5.97 Å². The highest BCUT2D eigenvalue weighted by molar-refractivity contribution is 6.33. The molecule has 1 aromatic rings. The molecule has 0 aliphatic carbocycles. The molecule has 5 heteroatoms. The summed E-state index contributed by atoms with van der Waals surface area (Å²) in [6.07, 6.45) is 0. The normalized spacial score (nSPS) is 10.1. The van der Waals surface area contributed by atoms with Crippen molar-refractivity contribution in [1.82, 2.24) is 0 Å². The lowest BCUT2D eigenvalue weighted by atomic mass is 10.1. The van der Waals surface area contributed by atoms with Crippen molar-refractivity contribution in [2.75, 3.05) is 5.73 Å². The van der Waals surface area contributed by atoms with Gasteiger partial charge in [-0.1, -0.05) is 11.6 Å². The molecule has 13 heavy (non-hydrogen) atoms. The van der Waals surface area contributed by atoms with Crippen LogP contribution < -0.4 is 5.73 Å². The first-order valence-corrected chi connectivity index (χ1v) is 3.80. The maximum Gasteiger partial charge on any atom is 0.337 e. The molecular weight excluding hydrogens is 197 g/mol. The van der Waals surface area contributed by atoms with Crippen LogP contribution in [-0.4, -0.2) is 11.1 Å². The van der Waals surface area contributed by atoms with E-state index in [1.54, 1.807) is 0 Å². The summed E-state index contributed by atoms with van der Waals surface area (Å²) in [5.74, 6) is -2.07. The van der Waals surface area contributed by atoms with Gasteiger partial charge in [0, 0.05) is 11.3 Å². The zero-order valence-electron chi connectivity index (χ0n) is 6.77. The molecule has 0 bridgehead atoms. The van der Waals surface area contributed by atoms with E-state index in [0.717, 1.165) is 6.07 Å². The van der Waals surface area contributed by atoms with Gasteiger partial charge in [0.1, 0.15) is 5.82 Å². The Bertz CT molecular complexity index is 379. The first-order chi connectivity index (χ1) is 5.95. The summed E-state index contributed by atoms with van der Waals surface area (Å²) < 4.78 is 13.1. The molecule has 0 saturated carbocycles. The monoisotopic (exact) mass is 203 g/mol. The Kier molecular flexibility index (Phi) is 2.43. The predicted octanol–water partition coefficient (Wildman–Crippen LogP) is 2.07. The third-order valence-electron chi connectivity index (χ3n) is 1.72. The summed E-state index contributed by atoms with van der Waals surface area (Å²) in [5, 5.41) is 8.20. The lowest BCUT2D eigenvalue weighted by molar-refractivity contribution is 0.0696. The van der Waals surface area contributed by atoms with Crippen LogP contribution in [0, 0.1) is 12.7 Å². The summed E-state index contributed by atoms with van der Waals surface area (Å²) in [5.41, 5.74) is 5.29. The minimum atomic E-state index is -1.30. The second kappa shape index (κ2) is 3.22. The topological polar surface area (TPSA) is 63.3 Å². The van der Waals surface area contributed by atoms with Crippen LogP contribution >= 0.6 is 11.6 Å². The largest absolute Gasteiger partial charge is 0.478 e. The second-order valence-electron chi connectivity index (χ2n) is 2.57. The Morgan fingerprint density at radius 1 is 1.69 bits per heavy atom. The van der Waals surface area contributed by atoms with Gasteiger partial charge in [-0.3, -0.25) is 0 Å². The molecule has 0 aliphatic rings. The molecule has 0 atom stereocenters. The van der Waals surface area contributed by atoms with E-state index < -0.39 is 16.8 Å². The Hall–Kier alpha value is -1.29. The number of rotatable bonds is 1. The van der Waals surface area contributed by atoms with Crippen molar-refractivity contribution >= 4 is 23.3 Å². The first-order valence-electron chi connectivity index (χ1n) is 3.42.